The van der Waals surface area contributed by atoms with Gasteiger partial charge in [-0.2, -0.15) is 0 Å². The monoisotopic (exact) mass is 319 g/mol. The van der Waals surface area contributed by atoms with E-state index in [1.165, 1.54) is 12.1 Å². The molecule has 114 valence electrons. The highest BCUT2D eigenvalue weighted by Crippen LogP contribution is 2.19. The van der Waals surface area contributed by atoms with Crippen molar-refractivity contribution in [1.82, 2.24) is 0 Å². The number of carbonyl (C=O) groups is 2. The van der Waals surface area contributed by atoms with Gasteiger partial charge in [0, 0.05) is 5.02 Å². The third-order valence-electron chi connectivity index (χ3n) is 2.89. The molecule has 1 unspecified atom stereocenters. The van der Waals surface area contributed by atoms with Crippen LogP contribution in [-0.4, -0.2) is 23.1 Å². The number of carbonyl (C=O) groups excluding carboxylic acids is 1. The number of carboxylic acids is 1. The predicted octanol–water partition coefficient (Wildman–Crippen LogP) is 3.44. The maximum Gasteiger partial charge on any atom is 0.337 e. The van der Waals surface area contributed by atoms with Crippen LogP contribution in [0, 0.1) is 0 Å². The molecule has 0 aliphatic carbocycles. The van der Waals surface area contributed by atoms with Gasteiger partial charge in [0.25, 0.3) is 5.91 Å². The average molecular weight is 320 g/mol. The lowest BCUT2D eigenvalue weighted by atomic mass is 10.1. The van der Waals surface area contributed by atoms with Gasteiger partial charge in [0.05, 0.1) is 11.3 Å². The molecule has 0 saturated carbocycles. The van der Waals surface area contributed by atoms with Gasteiger partial charge in [-0.1, -0.05) is 29.8 Å². The fraction of sp³-hybridized carbons (Fsp3) is 0.125. The third kappa shape index (κ3) is 3.99. The molecule has 22 heavy (non-hydrogen) atoms. The maximum atomic E-state index is 12.1. The Morgan fingerprint density at radius 3 is 2.59 bits per heavy atom. The van der Waals surface area contributed by atoms with Crippen LogP contribution in [0.15, 0.2) is 48.5 Å². The second kappa shape index (κ2) is 6.95. The Labute approximate surface area is 132 Å². The first-order valence-electron chi connectivity index (χ1n) is 6.53. The second-order valence-electron chi connectivity index (χ2n) is 4.56. The number of anilines is 1. The topological polar surface area (TPSA) is 75.6 Å². The number of benzene rings is 2. The molecule has 1 atom stereocenters. The Morgan fingerprint density at radius 1 is 1.18 bits per heavy atom. The molecule has 0 fully saturated rings. The summed E-state index contributed by atoms with van der Waals surface area (Å²) in [6.07, 6.45) is -0.805. The Morgan fingerprint density at radius 2 is 1.91 bits per heavy atom. The molecule has 2 N–H and O–H groups in total. The van der Waals surface area contributed by atoms with E-state index in [-0.39, 0.29) is 11.3 Å². The van der Waals surface area contributed by atoms with Gasteiger partial charge < -0.3 is 15.2 Å². The lowest BCUT2D eigenvalue weighted by molar-refractivity contribution is -0.122. The van der Waals surface area contributed by atoms with Gasteiger partial charge >= 0.3 is 5.97 Å². The molecule has 0 aromatic heterocycles. The van der Waals surface area contributed by atoms with Crippen LogP contribution in [0.2, 0.25) is 5.02 Å². The van der Waals surface area contributed by atoms with Crippen LogP contribution in [0.25, 0.3) is 0 Å². The first kappa shape index (κ1) is 15.9. The van der Waals surface area contributed by atoms with E-state index in [4.69, 9.17) is 21.4 Å². The highest BCUT2D eigenvalue weighted by Gasteiger charge is 2.18. The van der Waals surface area contributed by atoms with Crippen LogP contribution in [-0.2, 0) is 4.79 Å². The van der Waals surface area contributed by atoms with Crippen molar-refractivity contribution in [2.75, 3.05) is 5.32 Å². The number of nitrogens with one attached hydrogen (secondary N) is 1. The van der Waals surface area contributed by atoms with Crippen molar-refractivity contribution >= 4 is 29.2 Å². The lowest BCUT2D eigenvalue weighted by Crippen LogP contribution is -2.30. The fourth-order valence-corrected chi connectivity index (χ4v) is 1.99. The van der Waals surface area contributed by atoms with E-state index in [1.807, 2.05) is 0 Å². The maximum absolute atomic E-state index is 12.1. The van der Waals surface area contributed by atoms with Gasteiger partial charge in [-0.15, -0.1) is 0 Å². The van der Waals surface area contributed by atoms with Crippen LogP contribution < -0.4 is 10.1 Å². The zero-order chi connectivity index (χ0) is 16.1. The van der Waals surface area contributed by atoms with Crippen LogP contribution in [0.4, 0.5) is 5.69 Å². The van der Waals surface area contributed by atoms with Crippen LogP contribution in [0.3, 0.4) is 0 Å². The molecule has 0 radical (unpaired) electrons. The Balaban J connectivity index is 2.07. The zero-order valence-electron chi connectivity index (χ0n) is 11.7. The summed E-state index contributed by atoms with van der Waals surface area (Å²) in [5.74, 6) is -1.10. The highest BCUT2D eigenvalue weighted by molar-refractivity contribution is 6.30. The van der Waals surface area contributed by atoms with Crippen LogP contribution in [0.5, 0.6) is 5.75 Å². The van der Waals surface area contributed by atoms with Gasteiger partial charge in [-0.25, -0.2) is 4.79 Å². The molecule has 2 aromatic carbocycles. The average Bonchev–Trinajstić information content (AvgIpc) is 2.47. The third-order valence-corrected chi connectivity index (χ3v) is 3.13. The van der Waals surface area contributed by atoms with Gasteiger partial charge in [-0.3, -0.25) is 4.79 Å². The van der Waals surface area contributed by atoms with Crippen molar-refractivity contribution in [3.8, 4) is 5.75 Å². The van der Waals surface area contributed by atoms with E-state index in [0.717, 1.165) is 0 Å². The molecule has 0 saturated heterocycles. The normalized spacial score (nSPS) is 11.5. The summed E-state index contributed by atoms with van der Waals surface area (Å²) >= 11 is 5.85. The quantitative estimate of drug-likeness (QED) is 0.885. The predicted molar refractivity (Wildman–Crippen MR) is 83.6 cm³/mol. The summed E-state index contributed by atoms with van der Waals surface area (Å²) in [7, 11) is 0. The van der Waals surface area contributed by atoms with Gasteiger partial charge in [0.15, 0.2) is 6.10 Å². The van der Waals surface area contributed by atoms with Crippen LogP contribution >= 0.6 is 11.6 Å². The summed E-state index contributed by atoms with van der Waals surface area (Å²) in [6, 6.07) is 12.9. The Hall–Kier alpha value is -2.53. The number of amides is 1. The van der Waals surface area contributed by atoms with E-state index in [9.17, 15) is 9.59 Å². The molecule has 2 rings (SSSR count). The number of para-hydroxylation sites is 1. The Bertz CT molecular complexity index is 702. The number of hydrogen-bond acceptors (Lipinski definition) is 3. The summed E-state index contributed by atoms with van der Waals surface area (Å²) in [6.45, 7) is 1.57. The SMILES string of the molecule is CC(Oc1cccc(Cl)c1)C(=O)Nc1ccccc1C(=O)O. The number of carboxylic acid groups (broad SMARTS) is 1. The molecular formula is C16H14ClNO4. The first-order chi connectivity index (χ1) is 10.5. The Kier molecular flexibility index (Phi) is 5.01. The molecule has 0 aliphatic heterocycles. The largest absolute Gasteiger partial charge is 0.481 e. The van der Waals surface area contributed by atoms with E-state index < -0.39 is 18.0 Å². The summed E-state index contributed by atoms with van der Waals surface area (Å²) < 4.78 is 5.49. The highest BCUT2D eigenvalue weighted by atomic mass is 35.5. The van der Waals surface area contributed by atoms with E-state index in [0.29, 0.717) is 10.8 Å². The second-order valence-corrected chi connectivity index (χ2v) is 4.99. The van der Waals surface area contributed by atoms with E-state index in [2.05, 4.69) is 5.32 Å². The van der Waals surface area contributed by atoms with E-state index in [1.54, 1.807) is 43.3 Å². The fourth-order valence-electron chi connectivity index (χ4n) is 1.81. The standard InChI is InChI=1S/C16H14ClNO4/c1-10(22-12-6-4-5-11(17)9-12)15(19)18-14-8-3-2-7-13(14)16(20)21/h2-10H,1H3,(H,18,19)(H,20,21). The van der Waals surface area contributed by atoms with Crippen LogP contribution in [0.1, 0.15) is 17.3 Å². The number of ether oxygens (including phenoxy) is 1. The molecule has 0 heterocycles. The molecule has 0 aliphatic rings. The van der Waals surface area contributed by atoms with Crippen molar-refractivity contribution < 1.29 is 19.4 Å². The zero-order valence-corrected chi connectivity index (χ0v) is 12.5. The number of hydrogen-bond donors (Lipinski definition) is 2. The number of halogens is 1. The summed E-state index contributed by atoms with van der Waals surface area (Å²) in [5.41, 5.74) is 0.243. The number of aromatic carboxylic acids is 1. The lowest BCUT2D eigenvalue weighted by Gasteiger charge is -2.15. The van der Waals surface area contributed by atoms with Gasteiger partial charge in [0.2, 0.25) is 0 Å². The van der Waals surface area contributed by atoms with Gasteiger partial charge in [-0.05, 0) is 37.3 Å². The van der Waals surface area contributed by atoms with Crippen molar-refractivity contribution in [2.45, 2.75) is 13.0 Å². The van der Waals surface area contributed by atoms with Gasteiger partial charge in [0.1, 0.15) is 5.75 Å². The minimum atomic E-state index is -1.11. The van der Waals surface area contributed by atoms with Crippen molar-refractivity contribution in [3.63, 3.8) is 0 Å². The van der Waals surface area contributed by atoms with E-state index >= 15 is 0 Å². The number of rotatable bonds is 5. The molecule has 6 heteroatoms. The van der Waals surface area contributed by atoms with Crippen molar-refractivity contribution in [1.29, 1.82) is 0 Å². The minimum absolute atomic E-state index is 0.0193. The first-order valence-corrected chi connectivity index (χ1v) is 6.90. The molecule has 1 amide bonds. The molecule has 0 bridgehead atoms. The van der Waals surface area contributed by atoms with Crippen molar-refractivity contribution in [2.24, 2.45) is 0 Å². The smallest absolute Gasteiger partial charge is 0.337 e. The summed E-state index contributed by atoms with van der Waals surface area (Å²) in [4.78, 5) is 23.2. The molecule has 0 spiro atoms. The molecule has 5 nitrogen and oxygen atoms in total. The molecular weight excluding hydrogens is 306 g/mol. The molecule has 2 aromatic rings. The summed E-state index contributed by atoms with van der Waals surface area (Å²) in [5, 5.41) is 12.1. The van der Waals surface area contributed by atoms with Crippen molar-refractivity contribution in [3.05, 3.63) is 59.1 Å². The minimum Gasteiger partial charge on any atom is -0.481 e.